The third-order valence-corrected chi connectivity index (χ3v) is 5.44. The van der Waals surface area contributed by atoms with E-state index < -0.39 is 11.6 Å². The number of benzene rings is 3. The second kappa shape index (κ2) is 9.16. The van der Waals surface area contributed by atoms with Gasteiger partial charge in [0.05, 0.1) is 23.4 Å². The molecule has 0 aliphatic carbocycles. The molecule has 0 saturated carbocycles. The molecule has 0 spiro atoms. The number of nitrogens with zero attached hydrogens (tertiary/aromatic N) is 2. The van der Waals surface area contributed by atoms with Crippen LogP contribution in [0.25, 0.3) is 22.5 Å². The lowest BCUT2D eigenvalue weighted by molar-refractivity contribution is 0.282. The van der Waals surface area contributed by atoms with E-state index in [0.29, 0.717) is 35.3 Å². The van der Waals surface area contributed by atoms with Crippen molar-refractivity contribution in [1.82, 2.24) is 9.55 Å². The van der Waals surface area contributed by atoms with Crippen LogP contribution in [-0.2, 0) is 19.6 Å². The van der Waals surface area contributed by atoms with Gasteiger partial charge in [0.2, 0.25) is 0 Å². The zero-order valence-electron chi connectivity index (χ0n) is 17.6. The maximum absolute atomic E-state index is 14.1. The van der Waals surface area contributed by atoms with Gasteiger partial charge in [0.15, 0.2) is 11.6 Å². The molecule has 3 aromatic carbocycles. The first kappa shape index (κ1) is 21.5. The van der Waals surface area contributed by atoms with Gasteiger partial charge in [0.1, 0.15) is 5.82 Å². The average Bonchev–Trinajstić information content (AvgIpc) is 2.81. The molecule has 0 saturated heterocycles. The topological polar surface area (TPSA) is 75.4 Å². The summed E-state index contributed by atoms with van der Waals surface area (Å²) >= 11 is 0. The molecule has 0 radical (unpaired) electrons. The third-order valence-electron chi connectivity index (χ3n) is 5.44. The summed E-state index contributed by atoms with van der Waals surface area (Å²) in [5.41, 5.74) is 3.11. The zero-order chi connectivity index (χ0) is 22.7. The first-order valence-corrected chi connectivity index (χ1v) is 10.3. The summed E-state index contributed by atoms with van der Waals surface area (Å²) < 4.78 is 15.6. The van der Waals surface area contributed by atoms with Crippen LogP contribution in [-0.4, -0.2) is 19.8 Å². The molecule has 4 rings (SSSR count). The molecular weight excluding hydrogens is 407 g/mol. The summed E-state index contributed by atoms with van der Waals surface area (Å²) in [6, 6.07) is 21.0. The fourth-order valence-corrected chi connectivity index (χ4v) is 3.81. The van der Waals surface area contributed by atoms with Gasteiger partial charge in [-0.25, -0.2) is 9.37 Å². The molecule has 0 fully saturated rings. The molecule has 1 heterocycles. The van der Waals surface area contributed by atoms with Crippen LogP contribution in [0.4, 0.5) is 4.39 Å². The van der Waals surface area contributed by atoms with Crippen molar-refractivity contribution in [3.8, 4) is 28.3 Å². The Balaban J connectivity index is 1.91. The monoisotopic (exact) mass is 430 g/mol. The van der Waals surface area contributed by atoms with Crippen LogP contribution in [0.5, 0.6) is 5.75 Å². The van der Waals surface area contributed by atoms with Crippen LogP contribution in [0.2, 0.25) is 0 Å². The second-order valence-corrected chi connectivity index (χ2v) is 7.58. The van der Waals surface area contributed by atoms with E-state index in [1.165, 1.54) is 10.6 Å². The summed E-state index contributed by atoms with van der Waals surface area (Å²) in [6.45, 7) is 1.87. The number of phenolic OH excluding ortho intramolecular Hbond substituents is 1. The van der Waals surface area contributed by atoms with E-state index in [1.54, 1.807) is 37.3 Å². The zero-order valence-corrected chi connectivity index (χ0v) is 17.6. The summed E-state index contributed by atoms with van der Waals surface area (Å²) in [4.78, 5) is 18.3. The molecular formula is C26H23FN2O3. The lowest BCUT2D eigenvalue weighted by Gasteiger charge is -2.17. The molecule has 0 atom stereocenters. The van der Waals surface area contributed by atoms with Crippen molar-refractivity contribution in [2.75, 3.05) is 0 Å². The van der Waals surface area contributed by atoms with Crippen LogP contribution in [0.15, 0.2) is 77.6 Å². The normalized spacial score (nSPS) is 11.0. The van der Waals surface area contributed by atoms with Crippen LogP contribution in [0.1, 0.15) is 16.8 Å². The highest BCUT2D eigenvalue weighted by atomic mass is 19.1. The predicted molar refractivity (Wildman–Crippen MR) is 122 cm³/mol. The lowest BCUT2D eigenvalue weighted by Crippen LogP contribution is -2.27. The number of rotatable bonds is 6. The van der Waals surface area contributed by atoms with E-state index in [9.17, 15) is 19.4 Å². The van der Waals surface area contributed by atoms with E-state index in [1.807, 2.05) is 30.3 Å². The Morgan fingerprint density at radius 1 is 0.969 bits per heavy atom. The molecule has 5 nitrogen and oxygen atoms in total. The van der Waals surface area contributed by atoms with Crippen LogP contribution >= 0.6 is 0 Å². The fraction of sp³-hybridized carbons (Fsp3) is 0.154. The highest BCUT2D eigenvalue weighted by Gasteiger charge is 2.20. The van der Waals surface area contributed by atoms with Gasteiger partial charge in [0.25, 0.3) is 5.56 Å². The predicted octanol–water partition coefficient (Wildman–Crippen LogP) is 4.47. The minimum atomic E-state index is -0.774. The van der Waals surface area contributed by atoms with Crippen LogP contribution < -0.4 is 5.56 Å². The number of phenols is 1. The number of para-hydroxylation sites is 1. The van der Waals surface area contributed by atoms with Crippen molar-refractivity contribution in [3.63, 3.8) is 0 Å². The summed E-state index contributed by atoms with van der Waals surface area (Å²) in [7, 11) is 0. The van der Waals surface area contributed by atoms with Crippen molar-refractivity contribution in [2.24, 2.45) is 0 Å². The van der Waals surface area contributed by atoms with Gasteiger partial charge in [-0.15, -0.1) is 0 Å². The molecule has 0 unspecified atom stereocenters. The molecule has 1 aromatic heterocycles. The number of halogens is 1. The van der Waals surface area contributed by atoms with Crippen molar-refractivity contribution in [3.05, 3.63) is 106 Å². The second-order valence-electron chi connectivity index (χ2n) is 7.58. The Labute approximate surface area is 185 Å². The molecule has 2 N–H and O–H groups in total. The third kappa shape index (κ3) is 4.18. The van der Waals surface area contributed by atoms with E-state index >= 15 is 0 Å². The van der Waals surface area contributed by atoms with Crippen molar-refractivity contribution >= 4 is 0 Å². The van der Waals surface area contributed by atoms with Gasteiger partial charge >= 0.3 is 0 Å². The molecule has 0 amide bonds. The number of aliphatic hydroxyl groups is 1. The van der Waals surface area contributed by atoms with Gasteiger partial charge in [-0.05, 0) is 48.2 Å². The number of aromatic nitrogens is 2. The molecule has 32 heavy (non-hydrogen) atoms. The number of aryl methyl sites for hydroxylation is 2. The number of hydrogen-bond donors (Lipinski definition) is 2. The number of aliphatic hydroxyl groups excluding tert-OH is 1. The maximum Gasteiger partial charge on any atom is 0.261 e. The molecule has 6 heteroatoms. The Bertz CT molecular complexity index is 1320. The van der Waals surface area contributed by atoms with Gasteiger partial charge in [-0.3, -0.25) is 9.36 Å². The first-order valence-electron chi connectivity index (χ1n) is 10.3. The Kier molecular flexibility index (Phi) is 6.14. The highest BCUT2D eigenvalue weighted by Crippen LogP contribution is 2.31. The molecule has 0 aliphatic rings. The van der Waals surface area contributed by atoms with Crippen LogP contribution in [0.3, 0.4) is 0 Å². The van der Waals surface area contributed by atoms with Crippen molar-refractivity contribution in [1.29, 1.82) is 0 Å². The standard InChI is InChI=1S/C26H23FN2O3/c1-17-23(20-10-5-9-19(15-20)16-30)26(32)29(14-13-18-7-3-2-4-8-18)25(28-17)21-11-6-12-22(27)24(21)31/h2-12,15,30-31H,13-14,16H2,1H3. The summed E-state index contributed by atoms with van der Waals surface area (Å²) in [5.74, 6) is -1.10. The van der Waals surface area contributed by atoms with Crippen LogP contribution in [0, 0.1) is 12.7 Å². The number of hydrogen-bond acceptors (Lipinski definition) is 4. The van der Waals surface area contributed by atoms with Gasteiger partial charge < -0.3 is 10.2 Å². The minimum absolute atomic E-state index is 0.141. The van der Waals surface area contributed by atoms with Gasteiger partial charge in [-0.2, -0.15) is 0 Å². The van der Waals surface area contributed by atoms with Crippen molar-refractivity contribution in [2.45, 2.75) is 26.5 Å². The van der Waals surface area contributed by atoms with E-state index in [-0.39, 0.29) is 23.6 Å². The van der Waals surface area contributed by atoms with Gasteiger partial charge in [0, 0.05) is 6.54 Å². The molecule has 162 valence electrons. The number of aromatic hydroxyl groups is 1. The summed E-state index contributed by atoms with van der Waals surface area (Å²) in [6.07, 6.45) is 0.560. The minimum Gasteiger partial charge on any atom is -0.504 e. The van der Waals surface area contributed by atoms with E-state index in [0.717, 1.165) is 11.6 Å². The van der Waals surface area contributed by atoms with E-state index in [4.69, 9.17) is 0 Å². The SMILES string of the molecule is Cc1nc(-c2cccc(F)c2O)n(CCc2ccccc2)c(=O)c1-c1cccc(CO)c1. The molecule has 4 aromatic rings. The quantitative estimate of drug-likeness (QED) is 0.473. The fourth-order valence-electron chi connectivity index (χ4n) is 3.81. The van der Waals surface area contributed by atoms with E-state index in [2.05, 4.69) is 4.98 Å². The van der Waals surface area contributed by atoms with Gasteiger partial charge in [-0.1, -0.05) is 54.6 Å². The smallest absolute Gasteiger partial charge is 0.261 e. The highest BCUT2D eigenvalue weighted by molar-refractivity contribution is 5.70. The molecule has 0 bridgehead atoms. The Morgan fingerprint density at radius 2 is 1.69 bits per heavy atom. The molecule has 0 aliphatic heterocycles. The first-order chi connectivity index (χ1) is 15.5. The largest absolute Gasteiger partial charge is 0.504 e. The Hall–Kier alpha value is -3.77. The average molecular weight is 430 g/mol. The van der Waals surface area contributed by atoms with Crippen molar-refractivity contribution < 1.29 is 14.6 Å². The summed E-state index contributed by atoms with van der Waals surface area (Å²) in [5, 5.41) is 19.8. The lowest BCUT2D eigenvalue weighted by atomic mass is 10.0. The Morgan fingerprint density at radius 3 is 2.44 bits per heavy atom. The maximum atomic E-state index is 14.1.